The second-order valence-corrected chi connectivity index (χ2v) is 6.33. The molecule has 2 N–H and O–H groups in total. The summed E-state index contributed by atoms with van der Waals surface area (Å²) in [6, 6.07) is 14.6. The van der Waals surface area contributed by atoms with Gasteiger partial charge in [0.05, 0.1) is 19.3 Å². The van der Waals surface area contributed by atoms with Crippen molar-refractivity contribution in [3.8, 4) is 5.75 Å². The van der Waals surface area contributed by atoms with E-state index in [4.69, 9.17) is 4.74 Å². The number of hydrogen-bond acceptors (Lipinski definition) is 4. The zero-order valence-electron chi connectivity index (χ0n) is 15.0. The molecule has 1 aliphatic rings. The third-order valence-electron chi connectivity index (χ3n) is 4.41. The number of aryl methyl sites for hydroxylation is 1. The molecule has 0 saturated carbocycles. The maximum atomic E-state index is 13.2. The van der Waals surface area contributed by atoms with Crippen LogP contribution in [0.15, 0.2) is 48.5 Å². The Morgan fingerprint density at radius 3 is 2.69 bits per heavy atom. The van der Waals surface area contributed by atoms with Crippen LogP contribution in [0.2, 0.25) is 0 Å². The van der Waals surface area contributed by atoms with E-state index in [1.165, 1.54) is 0 Å². The summed E-state index contributed by atoms with van der Waals surface area (Å²) in [6.45, 7) is 3.30. The fourth-order valence-corrected chi connectivity index (χ4v) is 3.16. The van der Waals surface area contributed by atoms with Crippen molar-refractivity contribution >= 4 is 17.5 Å². The number of nitrogens with zero attached hydrogens (tertiary/aromatic N) is 1. The SMILES string of the molecule is COc1ccc(C)cc1NC(=O)[C@H](c1ccccc1)N1CCNC(=O)C1. The number of ether oxygens (including phenoxy) is 1. The molecule has 0 bridgehead atoms. The highest BCUT2D eigenvalue weighted by Gasteiger charge is 2.31. The summed E-state index contributed by atoms with van der Waals surface area (Å²) in [7, 11) is 1.57. The molecule has 0 aliphatic carbocycles. The number of methoxy groups -OCH3 is 1. The Morgan fingerprint density at radius 2 is 2.00 bits per heavy atom. The number of carbonyl (C=O) groups excluding carboxylic acids is 2. The van der Waals surface area contributed by atoms with Gasteiger partial charge < -0.3 is 15.4 Å². The highest BCUT2D eigenvalue weighted by Crippen LogP contribution is 2.28. The zero-order valence-corrected chi connectivity index (χ0v) is 15.0. The fourth-order valence-electron chi connectivity index (χ4n) is 3.16. The van der Waals surface area contributed by atoms with Gasteiger partial charge in [0.2, 0.25) is 11.8 Å². The van der Waals surface area contributed by atoms with E-state index in [2.05, 4.69) is 10.6 Å². The van der Waals surface area contributed by atoms with Crippen LogP contribution in [0.25, 0.3) is 0 Å². The van der Waals surface area contributed by atoms with Crippen LogP contribution in [-0.4, -0.2) is 43.5 Å². The third-order valence-corrected chi connectivity index (χ3v) is 4.41. The summed E-state index contributed by atoms with van der Waals surface area (Å²) in [6.07, 6.45) is 0. The minimum atomic E-state index is -0.549. The Balaban J connectivity index is 1.90. The summed E-state index contributed by atoms with van der Waals surface area (Å²) in [5, 5.41) is 5.78. The van der Waals surface area contributed by atoms with Crippen molar-refractivity contribution in [2.75, 3.05) is 32.1 Å². The topological polar surface area (TPSA) is 70.7 Å². The molecule has 1 saturated heterocycles. The minimum Gasteiger partial charge on any atom is -0.495 e. The normalized spacial score (nSPS) is 15.8. The van der Waals surface area contributed by atoms with E-state index in [0.29, 0.717) is 24.5 Å². The van der Waals surface area contributed by atoms with Crippen LogP contribution < -0.4 is 15.4 Å². The molecule has 0 unspecified atom stereocenters. The van der Waals surface area contributed by atoms with Crippen LogP contribution in [0.4, 0.5) is 5.69 Å². The average molecular weight is 353 g/mol. The number of benzene rings is 2. The van der Waals surface area contributed by atoms with Crippen molar-refractivity contribution in [2.45, 2.75) is 13.0 Å². The molecule has 1 heterocycles. The Bertz CT molecular complexity index is 792. The van der Waals surface area contributed by atoms with Crippen molar-refractivity contribution < 1.29 is 14.3 Å². The highest BCUT2D eigenvalue weighted by atomic mass is 16.5. The molecule has 1 atom stereocenters. The van der Waals surface area contributed by atoms with Gasteiger partial charge in [0, 0.05) is 13.1 Å². The second kappa shape index (κ2) is 8.01. The van der Waals surface area contributed by atoms with E-state index < -0.39 is 6.04 Å². The van der Waals surface area contributed by atoms with Crippen molar-refractivity contribution in [1.29, 1.82) is 0 Å². The fraction of sp³-hybridized carbons (Fsp3) is 0.300. The summed E-state index contributed by atoms with van der Waals surface area (Å²) >= 11 is 0. The van der Waals surface area contributed by atoms with Gasteiger partial charge in [-0.15, -0.1) is 0 Å². The number of piperazine rings is 1. The van der Waals surface area contributed by atoms with Crippen molar-refractivity contribution in [2.24, 2.45) is 0 Å². The van der Waals surface area contributed by atoms with Crippen molar-refractivity contribution in [3.63, 3.8) is 0 Å². The number of nitrogens with one attached hydrogen (secondary N) is 2. The number of rotatable bonds is 5. The van der Waals surface area contributed by atoms with E-state index in [1.807, 2.05) is 60.4 Å². The van der Waals surface area contributed by atoms with Crippen LogP contribution >= 0.6 is 0 Å². The van der Waals surface area contributed by atoms with Gasteiger partial charge in [-0.3, -0.25) is 14.5 Å². The number of carbonyl (C=O) groups is 2. The molecular weight excluding hydrogens is 330 g/mol. The maximum Gasteiger partial charge on any atom is 0.246 e. The smallest absolute Gasteiger partial charge is 0.246 e. The first-order chi connectivity index (χ1) is 12.6. The lowest BCUT2D eigenvalue weighted by atomic mass is 10.0. The van der Waals surface area contributed by atoms with Gasteiger partial charge >= 0.3 is 0 Å². The summed E-state index contributed by atoms with van der Waals surface area (Å²) < 4.78 is 5.36. The lowest BCUT2D eigenvalue weighted by Gasteiger charge is -2.33. The Labute approximate surface area is 153 Å². The van der Waals surface area contributed by atoms with Gasteiger partial charge in [0.15, 0.2) is 0 Å². The predicted octanol–water partition coefficient (Wildman–Crippen LogP) is 2.12. The van der Waals surface area contributed by atoms with Crippen LogP contribution in [0.5, 0.6) is 5.75 Å². The molecule has 26 heavy (non-hydrogen) atoms. The Kier molecular flexibility index (Phi) is 5.53. The molecule has 1 aliphatic heterocycles. The largest absolute Gasteiger partial charge is 0.495 e. The van der Waals surface area contributed by atoms with Gasteiger partial charge in [-0.2, -0.15) is 0 Å². The minimum absolute atomic E-state index is 0.0712. The van der Waals surface area contributed by atoms with Gasteiger partial charge in [-0.05, 0) is 30.2 Å². The maximum absolute atomic E-state index is 13.2. The molecule has 1 fully saturated rings. The second-order valence-electron chi connectivity index (χ2n) is 6.33. The zero-order chi connectivity index (χ0) is 18.5. The van der Waals surface area contributed by atoms with E-state index in [-0.39, 0.29) is 18.4 Å². The van der Waals surface area contributed by atoms with Gasteiger partial charge in [-0.1, -0.05) is 36.4 Å². The quantitative estimate of drug-likeness (QED) is 0.864. The monoisotopic (exact) mass is 353 g/mol. The highest BCUT2D eigenvalue weighted by molar-refractivity contribution is 5.97. The van der Waals surface area contributed by atoms with E-state index in [0.717, 1.165) is 11.1 Å². The van der Waals surface area contributed by atoms with E-state index in [1.54, 1.807) is 7.11 Å². The first-order valence-electron chi connectivity index (χ1n) is 8.59. The summed E-state index contributed by atoms with van der Waals surface area (Å²) in [4.78, 5) is 26.9. The van der Waals surface area contributed by atoms with Crippen molar-refractivity contribution in [3.05, 3.63) is 59.7 Å². The van der Waals surface area contributed by atoms with Gasteiger partial charge in [0.1, 0.15) is 11.8 Å². The van der Waals surface area contributed by atoms with Crippen LogP contribution in [-0.2, 0) is 9.59 Å². The molecule has 2 aromatic rings. The molecule has 0 spiro atoms. The number of hydrogen-bond donors (Lipinski definition) is 2. The number of anilines is 1. The summed E-state index contributed by atoms with van der Waals surface area (Å²) in [5.41, 5.74) is 2.50. The molecular formula is C20H23N3O3. The first-order valence-corrected chi connectivity index (χ1v) is 8.59. The molecule has 0 aromatic heterocycles. The molecule has 136 valence electrons. The van der Waals surface area contributed by atoms with Gasteiger partial charge in [-0.25, -0.2) is 0 Å². The first kappa shape index (κ1) is 17.9. The molecule has 3 rings (SSSR count). The van der Waals surface area contributed by atoms with Crippen LogP contribution in [0, 0.1) is 6.92 Å². The lowest BCUT2D eigenvalue weighted by Crippen LogP contribution is -2.51. The molecule has 0 radical (unpaired) electrons. The molecule has 6 heteroatoms. The molecule has 2 aromatic carbocycles. The lowest BCUT2D eigenvalue weighted by molar-refractivity contribution is -0.128. The predicted molar refractivity (Wildman–Crippen MR) is 100 cm³/mol. The molecule has 6 nitrogen and oxygen atoms in total. The van der Waals surface area contributed by atoms with Gasteiger partial charge in [0.25, 0.3) is 0 Å². The standard InChI is InChI=1S/C20H23N3O3/c1-14-8-9-17(26-2)16(12-14)22-20(25)19(15-6-4-3-5-7-15)23-11-10-21-18(24)13-23/h3-9,12,19H,10-11,13H2,1-2H3,(H,21,24)(H,22,25)/t19-/m0/s1. The van der Waals surface area contributed by atoms with E-state index in [9.17, 15) is 9.59 Å². The van der Waals surface area contributed by atoms with Crippen LogP contribution in [0.3, 0.4) is 0 Å². The number of amides is 2. The Hall–Kier alpha value is -2.86. The van der Waals surface area contributed by atoms with Crippen LogP contribution in [0.1, 0.15) is 17.2 Å². The molecule has 2 amide bonds. The average Bonchev–Trinajstić information content (AvgIpc) is 2.63. The van der Waals surface area contributed by atoms with E-state index >= 15 is 0 Å². The summed E-state index contributed by atoms with van der Waals surface area (Å²) in [5.74, 6) is 0.347. The van der Waals surface area contributed by atoms with Crippen molar-refractivity contribution in [1.82, 2.24) is 10.2 Å². The third kappa shape index (κ3) is 4.03. The Morgan fingerprint density at radius 1 is 1.23 bits per heavy atom.